The Morgan fingerprint density at radius 2 is 2.13 bits per heavy atom. The van der Waals surface area contributed by atoms with Crippen LogP contribution in [0.3, 0.4) is 0 Å². The maximum atomic E-state index is 11.9. The number of hydrogen-bond acceptors (Lipinski definition) is 4. The van der Waals surface area contributed by atoms with Crippen LogP contribution < -0.4 is 5.32 Å². The van der Waals surface area contributed by atoms with E-state index in [2.05, 4.69) is 10.3 Å². The lowest BCUT2D eigenvalue weighted by molar-refractivity contribution is 0.0735. The molecule has 0 spiro atoms. The van der Waals surface area contributed by atoms with Crippen molar-refractivity contribution in [2.24, 2.45) is 0 Å². The molecule has 0 radical (unpaired) electrons. The van der Waals surface area contributed by atoms with Crippen LogP contribution in [0.25, 0.3) is 0 Å². The van der Waals surface area contributed by atoms with Crippen molar-refractivity contribution in [1.82, 2.24) is 15.2 Å². The summed E-state index contributed by atoms with van der Waals surface area (Å²) in [6.07, 6.45) is 2.79. The van der Waals surface area contributed by atoms with Crippen molar-refractivity contribution in [3.63, 3.8) is 0 Å². The van der Waals surface area contributed by atoms with Gasteiger partial charge in [-0.15, -0.1) is 0 Å². The average molecular weight is 207 g/mol. The molecule has 0 saturated carbocycles. The Bertz CT molecular complexity index is 361. The van der Waals surface area contributed by atoms with Crippen LogP contribution in [0.15, 0.2) is 18.5 Å². The van der Waals surface area contributed by atoms with Gasteiger partial charge in [-0.1, -0.05) is 0 Å². The highest BCUT2D eigenvalue weighted by Gasteiger charge is 2.18. The molecule has 80 valence electrons. The maximum absolute atomic E-state index is 11.9. The van der Waals surface area contributed by atoms with Gasteiger partial charge in [-0.2, -0.15) is 0 Å². The number of pyridine rings is 1. The monoisotopic (exact) mass is 207 g/mol. The van der Waals surface area contributed by atoms with Crippen molar-refractivity contribution in [2.75, 3.05) is 26.2 Å². The van der Waals surface area contributed by atoms with Crippen molar-refractivity contribution < 1.29 is 9.90 Å². The molecule has 0 unspecified atom stereocenters. The van der Waals surface area contributed by atoms with Gasteiger partial charge >= 0.3 is 0 Å². The number of nitrogens with one attached hydrogen (secondary N) is 1. The van der Waals surface area contributed by atoms with E-state index in [1.807, 2.05) is 0 Å². The highest BCUT2D eigenvalue weighted by Crippen LogP contribution is 2.11. The zero-order valence-corrected chi connectivity index (χ0v) is 8.31. The van der Waals surface area contributed by atoms with Gasteiger partial charge in [-0.05, 0) is 6.07 Å². The number of carbonyl (C=O) groups is 1. The Morgan fingerprint density at radius 1 is 1.40 bits per heavy atom. The van der Waals surface area contributed by atoms with Crippen LogP contribution in [-0.4, -0.2) is 47.1 Å². The minimum Gasteiger partial charge on any atom is -0.506 e. The molecule has 5 heteroatoms. The standard InChI is InChI=1S/C10H13N3O2/c14-9-5-8(6-12-7-9)10(15)13-3-1-11-2-4-13/h5-7,11,14H,1-4H2. The van der Waals surface area contributed by atoms with E-state index in [1.165, 1.54) is 18.5 Å². The van der Waals surface area contributed by atoms with E-state index in [9.17, 15) is 9.90 Å². The second kappa shape index (κ2) is 4.27. The summed E-state index contributed by atoms with van der Waals surface area (Å²) >= 11 is 0. The lowest BCUT2D eigenvalue weighted by Gasteiger charge is -2.27. The van der Waals surface area contributed by atoms with Gasteiger partial charge in [0, 0.05) is 32.4 Å². The summed E-state index contributed by atoms with van der Waals surface area (Å²) in [4.78, 5) is 17.4. The van der Waals surface area contributed by atoms with E-state index in [0.29, 0.717) is 18.7 Å². The first-order valence-electron chi connectivity index (χ1n) is 4.91. The zero-order valence-electron chi connectivity index (χ0n) is 8.31. The molecule has 1 aromatic heterocycles. The van der Waals surface area contributed by atoms with Gasteiger partial charge < -0.3 is 15.3 Å². The first kappa shape index (κ1) is 9.92. The first-order chi connectivity index (χ1) is 7.27. The van der Waals surface area contributed by atoms with Gasteiger partial charge in [0.15, 0.2) is 0 Å². The number of rotatable bonds is 1. The highest BCUT2D eigenvalue weighted by molar-refractivity contribution is 5.94. The molecule has 1 aliphatic heterocycles. The molecule has 0 atom stereocenters. The van der Waals surface area contributed by atoms with Crippen LogP contribution in [0.1, 0.15) is 10.4 Å². The zero-order chi connectivity index (χ0) is 10.7. The Labute approximate surface area is 87.7 Å². The topological polar surface area (TPSA) is 65.5 Å². The van der Waals surface area contributed by atoms with Crippen LogP contribution in [0.4, 0.5) is 0 Å². The smallest absolute Gasteiger partial charge is 0.255 e. The van der Waals surface area contributed by atoms with Gasteiger partial charge in [0.2, 0.25) is 0 Å². The summed E-state index contributed by atoms with van der Waals surface area (Å²) in [6.45, 7) is 3.04. The number of aromatic nitrogens is 1. The first-order valence-corrected chi connectivity index (χ1v) is 4.91. The van der Waals surface area contributed by atoms with Crippen LogP contribution in [0.5, 0.6) is 5.75 Å². The summed E-state index contributed by atoms with van der Waals surface area (Å²) in [5.41, 5.74) is 0.442. The van der Waals surface area contributed by atoms with Crippen LogP contribution >= 0.6 is 0 Å². The summed E-state index contributed by atoms with van der Waals surface area (Å²) in [7, 11) is 0. The highest BCUT2D eigenvalue weighted by atomic mass is 16.3. The molecule has 0 aliphatic carbocycles. The van der Waals surface area contributed by atoms with E-state index >= 15 is 0 Å². The molecule has 2 heterocycles. The number of piperazine rings is 1. The number of amides is 1. The predicted molar refractivity (Wildman–Crippen MR) is 54.7 cm³/mol. The average Bonchev–Trinajstić information content (AvgIpc) is 2.29. The lowest BCUT2D eigenvalue weighted by atomic mass is 10.2. The molecular formula is C10H13N3O2. The van der Waals surface area contributed by atoms with E-state index in [0.717, 1.165) is 13.1 Å². The van der Waals surface area contributed by atoms with Gasteiger partial charge in [0.05, 0.1) is 11.8 Å². The van der Waals surface area contributed by atoms with Gasteiger partial charge in [-0.25, -0.2) is 0 Å². The number of hydrogen-bond donors (Lipinski definition) is 2. The Hall–Kier alpha value is -1.62. The summed E-state index contributed by atoms with van der Waals surface area (Å²) < 4.78 is 0. The molecule has 0 aromatic carbocycles. The fourth-order valence-corrected chi connectivity index (χ4v) is 1.60. The molecule has 1 aromatic rings. The molecule has 2 N–H and O–H groups in total. The minimum atomic E-state index is -0.0695. The van der Waals surface area contributed by atoms with E-state index < -0.39 is 0 Å². The normalized spacial score (nSPS) is 16.4. The molecule has 1 aliphatic rings. The molecule has 1 saturated heterocycles. The molecule has 2 rings (SSSR count). The summed E-state index contributed by atoms with van der Waals surface area (Å²) in [5.74, 6) is -0.0455. The van der Waals surface area contributed by atoms with E-state index in [-0.39, 0.29) is 11.7 Å². The second-order valence-electron chi connectivity index (χ2n) is 3.47. The van der Waals surface area contributed by atoms with Crippen molar-refractivity contribution in [3.05, 3.63) is 24.0 Å². The van der Waals surface area contributed by atoms with E-state index in [4.69, 9.17) is 0 Å². The second-order valence-corrected chi connectivity index (χ2v) is 3.47. The number of nitrogens with zero attached hydrogens (tertiary/aromatic N) is 2. The fourth-order valence-electron chi connectivity index (χ4n) is 1.60. The third kappa shape index (κ3) is 2.24. The van der Waals surface area contributed by atoms with E-state index in [1.54, 1.807) is 4.90 Å². The lowest BCUT2D eigenvalue weighted by Crippen LogP contribution is -2.46. The van der Waals surface area contributed by atoms with Crippen LogP contribution in [0, 0.1) is 0 Å². The van der Waals surface area contributed by atoms with Gasteiger partial charge in [0.1, 0.15) is 5.75 Å². The molecule has 1 fully saturated rings. The van der Waals surface area contributed by atoms with Crippen molar-refractivity contribution in [3.8, 4) is 5.75 Å². The maximum Gasteiger partial charge on any atom is 0.255 e. The van der Waals surface area contributed by atoms with Crippen molar-refractivity contribution in [1.29, 1.82) is 0 Å². The number of aromatic hydroxyl groups is 1. The molecule has 15 heavy (non-hydrogen) atoms. The number of carbonyl (C=O) groups excluding carboxylic acids is 1. The van der Waals surface area contributed by atoms with Gasteiger partial charge in [-0.3, -0.25) is 9.78 Å². The molecule has 5 nitrogen and oxygen atoms in total. The van der Waals surface area contributed by atoms with Crippen LogP contribution in [0.2, 0.25) is 0 Å². The van der Waals surface area contributed by atoms with Gasteiger partial charge in [0.25, 0.3) is 5.91 Å². The molecular weight excluding hydrogens is 194 g/mol. The predicted octanol–water partition coefficient (Wildman–Crippen LogP) is -0.167. The summed E-state index contributed by atoms with van der Waals surface area (Å²) in [5, 5.41) is 12.4. The minimum absolute atomic E-state index is 0.0241. The SMILES string of the molecule is O=C(c1cncc(O)c1)N1CCNCC1. The third-order valence-corrected chi connectivity index (χ3v) is 2.37. The largest absolute Gasteiger partial charge is 0.506 e. The fraction of sp³-hybridized carbons (Fsp3) is 0.400. The van der Waals surface area contributed by atoms with Crippen molar-refractivity contribution in [2.45, 2.75) is 0 Å². The Morgan fingerprint density at radius 3 is 2.80 bits per heavy atom. The Balaban J connectivity index is 2.12. The molecule has 1 amide bonds. The molecule has 0 bridgehead atoms. The quantitative estimate of drug-likeness (QED) is 0.671. The Kier molecular flexibility index (Phi) is 2.82. The van der Waals surface area contributed by atoms with Crippen molar-refractivity contribution >= 4 is 5.91 Å². The van der Waals surface area contributed by atoms with Crippen LogP contribution in [-0.2, 0) is 0 Å². The third-order valence-electron chi connectivity index (χ3n) is 2.37. The summed E-state index contributed by atoms with van der Waals surface area (Å²) in [6, 6.07) is 1.44.